The van der Waals surface area contributed by atoms with Gasteiger partial charge < -0.3 is 48.8 Å². The third-order valence-corrected chi connectivity index (χ3v) is 15.4. The Balaban J connectivity index is 1.42. The average molecular weight is 989 g/mol. The van der Waals surface area contributed by atoms with Crippen LogP contribution in [0.5, 0.6) is 23.0 Å². The number of ether oxygens (including phenoxy) is 6. The van der Waals surface area contributed by atoms with E-state index in [9.17, 15) is 19.8 Å². The van der Waals surface area contributed by atoms with Crippen molar-refractivity contribution >= 4 is 39.1 Å². The number of oxime groups is 1. The molecule has 7 atom stereocenters. The molecular formula is C52H68N4O13S. The van der Waals surface area contributed by atoms with E-state index in [-0.39, 0.29) is 61.2 Å². The molecule has 2 fully saturated rings. The molecule has 4 aliphatic rings. The van der Waals surface area contributed by atoms with Gasteiger partial charge in [0.2, 0.25) is 28.0 Å². The van der Waals surface area contributed by atoms with Gasteiger partial charge in [0.25, 0.3) is 0 Å². The Morgan fingerprint density at radius 1 is 0.957 bits per heavy atom. The Hall–Kier alpha value is -5.50. The second-order valence-corrected chi connectivity index (χ2v) is 20.0. The zero-order valence-corrected chi connectivity index (χ0v) is 41.4. The lowest BCUT2D eigenvalue weighted by Gasteiger charge is -2.59. The fourth-order valence-electron chi connectivity index (χ4n) is 10.5. The molecule has 2 heterocycles. The van der Waals surface area contributed by atoms with Crippen LogP contribution in [0.25, 0.3) is 0 Å². The molecule has 2 amide bonds. The van der Waals surface area contributed by atoms with Crippen LogP contribution in [-0.4, -0.2) is 106 Å². The number of hydrogen-bond acceptors (Lipinski definition) is 14. The lowest BCUT2D eigenvalue weighted by molar-refractivity contribution is -0.251. The van der Waals surface area contributed by atoms with Crippen molar-refractivity contribution in [1.82, 2.24) is 4.31 Å². The van der Waals surface area contributed by atoms with Gasteiger partial charge in [-0.15, -0.1) is 6.58 Å². The van der Waals surface area contributed by atoms with Gasteiger partial charge in [-0.3, -0.25) is 10.1 Å². The van der Waals surface area contributed by atoms with Gasteiger partial charge in [-0.1, -0.05) is 37.1 Å². The molecule has 0 bridgehead atoms. The van der Waals surface area contributed by atoms with Gasteiger partial charge in [0.05, 0.1) is 55.7 Å². The maximum absolute atomic E-state index is 15.3. The van der Waals surface area contributed by atoms with Gasteiger partial charge in [-0.2, -0.15) is 4.31 Å². The number of sulfonamides is 1. The molecule has 7 rings (SSSR count). The summed E-state index contributed by atoms with van der Waals surface area (Å²) >= 11 is 0. The van der Waals surface area contributed by atoms with E-state index in [1.165, 1.54) is 37.6 Å². The van der Waals surface area contributed by atoms with Crippen molar-refractivity contribution in [3.05, 3.63) is 90.5 Å². The van der Waals surface area contributed by atoms with E-state index in [4.69, 9.17) is 38.4 Å². The largest absolute Gasteiger partial charge is 0.497 e. The smallest absolute Gasteiger partial charge is 0.417 e. The lowest BCUT2D eigenvalue weighted by Crippen LogP contribution is -2.70. The van der Waals surface area contributed by atoms with E-state index in [1.54, 1.807) is 54.6 Å². The van der Waals surface area contributed by atoms with E-state index >= 15 is 8.42 Å². The molecule has 2 aliphatic heterocycles. The quantitative estimate of drug-likeness (QED) is 0.0399. The predicted octanol–water partition coefficient (Wildman–Crippen LogP) is 8.53. The summed E-state index contributed by atoms with van der Waals surface area (Å²) in [5.74, 6) is -1.81. The lowest BCUT2D eigenvalue weighted by atomic mass is 9.55. The summed E-state index contributed by atoms with van der Waals surface area (Å²) in [5.41, 5.74) is 2.84. The number of nitrogens with one attached hydrogen (secondary N) is 2. The zero-order valence-electron chi connectivity index (χ0n) is 40.6. The monoisotopic (exact) mass is 988 g/mol. The Morgan fingerprint density at radius 2 is 1.71 bits per heavy atom. The second kappa shape index (κ2) is 24.1. The Kier molecular flexibility index (Phi) is 18.0. The third-order valence-electron chi connectivity index (χ3n) is 13.5. The van der Waals surface area contributed by atoms with Gasteiger partial charge in [0.15, 0.2) is 0 Å². The summed E-state index contributed by atoms with van der Waals surface area (Å²) in [5, 5.41) is 30.4. The molecule has 0 radical (unpaired) electrons. The molecule has 1 saturated carbocycles. The minimum Gasteiger partial charge on any atom is -0.497 e. The molecule has 0 spiro atoms. The highest BCUT2D eigenvalue weighted by atomic mass is 32.2. The molecule has 3 aromatic rings. The number of anilines is 2. The highest BCUT2D eigenvalue weighted by Gasteiger charge is 2.66. The molecular weight excluding hydrogens is 921 g/mol. The van der Waals surface area contributed by atoms with Crippen molar-refractivity contribution in [1.29, 1.82) is 0 Å². The van der Waals surface area contributed by atoms with Crippen LogP contribution in [0.15, 0.2) is 95.0 Å². The van der Waals surface area contributed by atoms with Gasteiger partial charge in [0, 0.05) is 62.8 Å². The first-order chi connectivity index (χ1) is 33.9. The summed E-state index contributed by atoms with van der Waals surface area (Å²) in [6, 6.07) is 15.2. The predicted molar refractivity (Wildman–Crippen MR) is 264 cm³/mol. The molecule has 17 nitrogen and oxygen atoms in total. The van der Waals surface area contributed by atoms with E-state index < -0.39 is 46.1 Å². The van der Waals surface area contributed by atoms with Crippen molar-refractivity contribution < 1.29 is 61.5 Å². The number of amides is 2. The minimum absolute atomic E-state index is 0.00204. The van der Waals surface area contributed by atoms with Crippen molar-refractivity contribution in [2.24, 2.45) is 22.9 Å². The number of aliphatic hydroxyl groups is 2. The number of nitrogens with zero attached hydrogens (tertiary/aromatic N) is 2. The number of benzene rings is 3. The first-order valence-electron chi connectivity index (χ1n) is 24.4. The molecule has 1 unspecified atom stereocenters. The highest BCUT2D eigenvalue weighted by Crippen LogP contribution is 2.62. The maximum atomic E-state index is 15.3. The third kappa shape index (κ3) is 11.6. The van der Waals surface area contributed by atoms with Crippen molar-refractivity contribution in [2.45, 2.75) is 113 Å². The van der Waals surface area contributed by atoms with Crippen molar-refractivity contribution in [3.63, 3.8) is 0 Å². The molecule has 18 heteroatoms. The van der Waals surface area contributed by atoms with Crippen LogP contribution >= 0.6 is 0 Å². The van der Waals surface area contributed by atoms with E-state index in [0.29, 0.717) is 85.9 Å². The Bertz CT molecular complexity index is 2460. The molecule has 3 aromatic carbocycles. The molecule has 0 aromatic heterocycles. The molecule has 380 valence electrons. The topological polar surface area (TPSA) is 213 Å². The average Bonchev–Trinajstić information content (AvgIpc) is 3.36. The summed E-state index contributed by atoms with van der Waals surface area (Å²) in [6.07, 6.45) is 9.31. The zero-order chi connectivity index (χ0) is 49.8. The number of methoxy groups -OCH3 is 2. The van der Waals surface area contributed by atoms with Crippen molar-refractivity contribution in [3.8, 4) is 23.0 Å². The van der Waals surface area contributed by atoms with Crippen LogP contribution in [0.1, 0.15) is 96.0 Å². The van der Waals surface area contributed by atoms with E-state index in [2.05, 4.69) is 23.3 Å². The van der Waals surface area contributed by atoms with Crippen LogP contribution in [0.3, 0.4) is 0 Å². The Morgan fingerprint density at radius 3 is 2.39 bits per heavy atom. The number of carbonyl (C=O) groups excluding carboxylic acids is 2. The van der Waals surface area contributed by atoms with Gasteiger partial charge in [-0.25, -0.2) is 13.2 Å². The van der Waals surface area contributed by atoms with Gasteiger partial charge in [-0.05, 0) is 117 Å². The minimum atomic E-state index is -4.33. The summed E-state index contributed by atoms with van der Waals surface area (Å²) in [4.78, 5) is 31.8. The molecule has 2 aliphatic carbocycles. The standard InChI is InChI=1S/C52H68N4O13S/c1-6-25-56(70(61,62)39-21-17-36(18-22-39)53-34(3)59)47-33-44(55-69-48-16-10-13-29-65-48)41-30-35(14-8-11-26-57)40(15-9-12-27-58)49-42-31-38(20-24-45(42)68-52(47,50(41)49)66-28-7-2)67-51(60)54-43-23-19-37(63-4)32-46(43)64-5/h7,17-24,30-32,35,40,47-50,57-58H,2,6,8-16,25-29,33H2,1,3-5H3,(H,53,59)(H,54,60)/t35-,40+,47-,48?,49+,50+,52+/m0/s1. The van der Waals surface area contributed by atoms with Crippen molar-refractivity contribution in [2.75, 3.05) is 57.8 Å². The van der Waals surface area contributed by atoms with E-state index in [0.717, 1.165) is 30.4 Å². The van der Waals surface area contributed by atoms with Crippen LogP contribution in [0.4, 0.5) is 16.2 Å². The van der Waals surface area contributed by atoms with E-state index in [1.807, 2.05) is 6.92 Å². The number of hydrogen-bond donors (Lipinski definition) is 4. The molecule has 4 N–H and O–H groups in total. The number of rotatable bonds is 23. The first kappa shape index (κ1) is 52.3. The maximum Gasteiger partial charge on any atom is 0.417 e. The molecule has 1 saturated heterocycles. The van der Waals surface area contributed by atoms with Crippen LogP contribution in [0, 0.1) is 17.8 Å². The van der Waals surface area contributed by atoms with Crippen LogP contribution in [0.2, 0.25) is 0 Å². The number of allylic oxidation sites excluding steroid dienone is 1. The van der Waals surface area contributed by atoms with Gasteiger partial charge >= 0.3 is 6.09 Å². The summed E-state index contributed by atoms with van der Waals surface area (Å²) in [7, 11) is -1.31. The SMILES string of the molecule is C=CCO[C@@]12Oc3ccc(OC(=O)Nc4ccc(OC)cc4OC)cc3[C@H]3[C@H](CCCCO)[C@@H](CCCCO)C=C(C(=NOC4CCCCO4)C[C@@H]1N(CCC)S(=O)(=O)c1ccc(NC(C)=O)cc1)[C@H]32. The number of unbranched alkanes of at least 4 members (excludes halogenated alkanes) is 2. The number of fused-ring (bicyclic) bond motifs is 2. The van der Waals surface area contributed by atoms with Crippen LogP contribution in [-0.2, 0) is 29.1 Å². The first-order valence-corrected chi connectivity index (χ1v) is 25.8. The number of carbonyl (C=O) groups is 2. The normalized spacial score (nSPS) is 24.3. The van der Waals surface area contributed by atoms with Gasteiger partial charge in [0.1, 0.15) is 23.0 Å². The highest BCUT2D eigenvalue weighted by molar-refractivity contribution is 7.89. The fraction of sp³-hybridized carbons (Fsp3) is 0.519. The number of aliphatic hydroxyl groups excluding tert-OH is 2. The van der Waals surface area contributed by atoms with Crippen LogP contribution < -0.4 is 29.6 Å². The summed E-state index contributed by atoms with van der Waals surface area (Å²) < 4.78 is 69.3. The molecule has 70 heavy (non-hydrogen) atoms. The fourth-order valence-corrected chi connectivity index (χ4v) is 12.2. The second-order valence-electron chi connectivity index (χ2n) is 18.1. The Labute approximate surface area is 411 Å². The summed E-state index contributed by atoms with van der Waals surface area (Å²) in [6.45, 7) is 7.93.